The first-order valence-corrected chi connectivity index (χ1v) is 13.4. The largest absolute Gasteiger partial charge is 0.356 e. The monoisotopic (exact) mass is 497 g/mol. The molecule has 0 heterocycles. The first-order valence-electron chi connectivity index (χ1n) is 13.4. The van der Waals surface area contributed by atoms with Gasteiger partial charge >= 0.3 is 0 Å². The molecule has 0 fully saturated rings. The second-order valence-corrected chi connectivity index (χ2v) is 9.91. The van der Waals surface area contributed by atoms with E-state index in [9.17, 15) is 0 Å². The zero-order valence-corrected chi connectivity index (χ0v) is 21.5. The van der Waals surface area contributed by atoms with Gasteiger partial charge in [0.1, 0.15) is 0 Å². The second kappa shape index (κ2) is 9.96. The highest BCUT2D eigenvalue weighted by Crippen LogP contribution is 2.34. The average molecular weight is 498 g/mol. The van der Waals surface area contributed by atoms with E-state index in [1.54, 1.807) is 0 Å². The molecule has 0 unspecified atom stereocenters. The molecule has 0 bridgehead atoms. The van der Waals surface area contributed by atoms with Crippen molar-refractivity contribution in [2.75, 3.05) is 5.32 Å². The summed E-state index contributed by atoms with van der Waals surface area (Å²) in [6, 6.07) is 56.3. The first-order chi connectivity index (χ1) is 19.3. The van der Waals surface area contributed by atoms with Gasteiger partial charge in [-0.05, 0) is 79.2 Å². The summed E-state index contributed by atoms with van der Waals surface area (Å²) < 4.78 is 0. The summed E-state index contributed by atoms with van der Waals surface area (Å²) >= 11 is 0. The van der Waals surface area contributed by atoms with E-state index in [1.165, 1.54) is 54.9 Å². The highest BCUT2D eigenvalue weighted by molar-refractivity contribution is 6.12. The Bertz CT molecular complexity index is 1880. The van der Waals surface area contributed by atoms with Gasteiger partial charge in [-0.2, -0.15) is 0 Å². The van der Waals surface area contributed by atoms with Crippen LogP contribution in [0.2, 0.25) is 0 Å². The lowest BCUT2D eigenvalue weighted by Crippen LogP contribution is -1.90. The molecule has 7 aromatic rings. The Balaban J connectivity index is 1.09. The Morgan fingerprint density at radius 3 is 1.46 bits per heavy atom. The quantitative estimate of drug-likeness (QED) is 0.233. The number of fused-ring (bicyclic) bond motifs is 3. The molecule has 0 aliphatic rings. The zero-order chi connectivity index (χ0) is 26.0. The van der Waals surface area contributed by atoms with Crippen LogP contribution in [0.4, 0.5) is 11.4 Å². The Labute approximate surface area is 229 Å². The Morgan fingerprint density at radius 1 is 0.282 bits per heavy atom. The predicted molar refractivity (Wildman–Crippen MR) is 167 cm³/mol. The first kappa shape index (κ1) is 23.0. The minimum absolute atomic E-state index is 1.07. The van der Waals surface area contributed by atoms with Crippen LogP contribution < -0.4 is 5.32 Å². The summed E-state index contributed by atoms with van der Waals surface area (Å²) in [6.07, 6.45) is 0. The van der Waals surface area contributed by atoms with Gasteiger partial charge in [0.05, 0.1) is 0 Å². The highest BCUT2D eigenvalue weighted by atomic mass is 14.9. The van der Waals surface area contributed by atoms with E-state index >= 15 is 0 Å². The van der Waals surface area contributed by atoms with Crippen molar-refractivity contribution in [3.05, 3.63) is 158 Å². The van der Waals surface area contributed by atoms with Crippen molar-refractivity contribution in [3.8, 4) is 33.4 Å². The van der Waals surface area contributed by atoms with E-state index in [-0.39, 0.29) is 0 Å². The van der Waals surface area contributed by atoms with Gasteiger partial charge in [-0.25, -0.2) is 0 Å². The third kappa shape index (κ3) is 4.56. The maximum absolute atomic E-state index is 3.55. The third-order valence-electron chi connectivity index (χ3n) is 7.48. The van der Waals surface area contributed by atoms with Crippen LogP contribution in [-0.4, -0.2) is 0 Å². The number of nitrogens with one attached hydrogen (secondary N) is 1. The lowest BCUT2D eigenvalue weighted by atomic mass is 9.95. The van der Waals surface area contributed by atoms with Crippen LogP contribution in [0.15, 0.2) is 158 Å². The van der Waals surface area contributed by atoms with Gasteiger partial charge in [-0.1, -0.05) is 133 Å². The van der Waals surface area contributed by atoms with Crippen LogP contribution in [0.3, 0.4) is 0 Å². The fourth-order valence-corrected chi connectivity index (χ4v) is 5.42. The fourth-order valence-electron chi connectivity index (χ4n) is 5.42. The van der Waals surface area contributed by atoms with Crippen LogP contribution in [0.5, 0.6) is 0 Å². The van der Waals surface area contributed by atoms with E-state index in [1.807, 2.05) is 6.07 Å². The van der Waals surface area contributed by atoms with Crippen LogP contribution in [0.1, 0.15) is 0 Å². The van der Waals surface area contributed by atoms with Crippen molar-refractivity contribution in [2.45, 2.75) is 0 Å². The van der Waals surface area contributed by atoms with Crippen molar-refractivity contribution in [3.63, 3.8) is 0 Å². The Kier molecular flexibility index (Phi) is 5.88. The van der Waals surface area contributed by atoms with Crippen molar-refractivity contribution in [1.82, 2.24) is 0 Å². The standard InChI is InChI=1S/C38H27N/c1-2-7-27(8-3-1)28-13-15-29(16-14-28)30-17-22-33(23-18-30)39-34-24-19-32(20-25-34)36-11-6-12-37-35-10-5-4-9-31(35)21-26-38(36)37/h1-26,39H. The number of rotatable bonds is 5. The summed E-state index contributed by atoms with van der Waals surface area (Å²) in [6.45, 7) is 0. The van der Waals surface area contributed by atoms with Crippen LogP contribution in [0, 0.1) is 0 Å². The topological polar surface area (TPSA) is 12.0 Å². The van der Waals surface area contributed by atoms with E-state index in [2.05, 4.69) is 157 Å². The molecule has 0 amide bonds. The summed E-state index contributed by atoms with van der Waals surface area (Å²) in [5.41, 5.74) is 9.52. The minimum atomic E-state index is 1.07. The van der Waals surface area contributed by atoms with E-state index in [0.717, 1.165) is 11.4 Å². The number of hydrogen-bond donors (Lipinski definition) is 1. The highest BCUT2D eigenvalue weighted by Gasteiger charge is 2.07. The lowest BCUT2D eigenvalue weighted by molar-refractivity contribution is 1.53. The molecule has 0 saturated carbocycles. The molecule has 0 atom stereocenters. The third-order valence-corrected chi connectivity index (χ3v) is 7.48. The summed E-state index contributed by atoms with van der Waals surface area (Å²) in [4.78, 5) is 0. The maximum atomic E-state index is 3.55. The molecule has 1 N–H and O–H groups in total. The second-order valence-electron chi connectivity index (χ2n) is 9.91. The van der Waals surface area contributed by atoms with Crippen molar-refractivity contribution >= 4 is 32.9 Å². The molecule has 39 heavy (non-hydrogen) atoms. The Hall–Kier alpha value is -5.14. The number of benzene rings is 7. The summed E-state index contributed by atoms with van der Waals surface area (Å²) in [7, 11) is 0. The molecule has 0 aliphatic carbocycles. The molecular formula is C38H27N. The van der Waals surface area contributed by atoms with Gasteiger partial charge in [0.15, 0.2) is 0 Å². The molecule has 184 valence electrons. The zero-order valence-electron chi connectivity index (χ0n) is 21.5. The predicted octanol–water partition coefficient (Wildman–Crippen LogP) is 10.7. The van der Waals surface area contributed by atoms with Crippen LogP contribution in [0.25, 0.3) is 54.9 Å². The van der Waals surface area contributed by atoms with Crippen molar-refractivity contribution in [1.29, 1.82) is 0 Å². The Morgan fingerprint density at radius 2 is 0.795 bits per heavy atom. The van der Waals surface area contributed by atoms with Crippen molar-refractivity contribution in [2.24, 2.45) is 0 Å². The van der Waals surface area contributed by atoms with Gasteiger partial charge < -0.3 is 5.32 Å². The maximum Gasteiger partial charge on any atom is 0.0384 e. The summed E-state index contributed by atoms with van der Waals surface area (Å²) in [5.74, 6) is 0. The van der Waals surface area contributed by atoms with Crippen LogP contribution in [-0.2, 0) is 0 Å². The molecule has 7 rings (SSSR count). The minimum Gasteiger partial charge on any atom is -0.356 e. The lowest BCUT2D eigenvalue weighted by Gasteiger charge is -2.12. The van der Waals surface area contributed by atoms with Crippen LogP contribution >= 0.6 is 0 Å². The molecule has 0 radical (unpaired) electrons. The van der Waals surface area contributed by atoms with Crippen molar-refractivity contribution < 1.29 is 0 Å². The van der Waals surface area contributed by atoms with Gasteiger partial charge in [0, 0.05) is 11.4 Å². The smallest absolute Gasteiger partial charge is 0.0384 e. The molecule has 7 aromatic carbocycles. The summed E-state index contributed by atoms with van der Waals surface area (Å²) in [5, 5.41) is 8.70. The SMILES string of the molecule is c1ccc(-c2ccc(-c3ccc(Nc4ccc(-c5cccc6c5ccc5ccccc56)cc4)cc3)cc2)cc1. The normalized spacial score (nSPS) is 11.1. The average Bonchev–Trinajstić information content (AvgIpc) is 3.02. The van der Waals surface area contributed by atoms with Gasteiger partial charge in [-0.15, -0.1) is 0 Å². The molecule has 1 nitrogen and oxygen atoms in total. The number of hydrogen-bond acceptors (Lipinski definition) is 1. The molecule has 0 saturated heterocycles. The molecule has 0 aromatic heterocycles. The number of anilines is 2. The van der Waals surface area contributed by atoms with E-state index in [0.29, 0.717) is 0 Å². The molecular weight excluding hydrogens is 470 g/mol. The molecule has 0 aliphatic heterocycles. The molecule has 0 spiro atoms. The molecule has 1 heteroatoms. The fraction of sp³-hybridized carbons (Fsp3) is 0. The van der Waals surface area contributed by atoms with Gasteiger partial charge in [0.2, 0.25) is 0 Å². The van der Waals surface area contributed by atoms with E-state index < -0.39 is 0 Å². The van der Waals surface area contributed by atoms with E-state index in [4.69, 9.17) is 0 Å². The van der Waals surface area contributed by atoms with Gasteiger partial charge in [0.25, 0.3) is 0 Å². The van der Waals surface area contributed by atoms with Gasteiger partial charge in [-0.3, -0.25) is 0 Å².